The minimum atomic E-state index is 0.350. The Morgan fingerprint density at radius 1 is 1.10 bits per heavy atom. The molecule has 2 atom stereocenters. The molecule has 4 aliphatic rings. The Balaban J connectivity index is 1.56. The molecule has 0 aromatic carbocycles. The number of aromatic nitrogens is 3. The lowest BCUT2D eigenvalue weighted by Crippen LogP contribution is -2.64. The van der Waals surface area contributed by atoms with Crippen molar-refractivity contribution in [2.75, 3.05) is 0 Å². The maximum atomic E-state index is 4.32. The van der Waals surface area contributed by atoms with E-state index in [-0.39, 0.29) is 0 Å². The van der Waals surface area contributed by atoms with Crippen molar-refractivity contribution in [3.8, 4) is 0 Å². The standard InChI is InChI=1S/C17H28N4/c1-12-19-20-14(21(12)4)8-18-17-7-13-5-15(2,10-17)9-16(3,6-13)11-17/h13,18H,5-11H2,1-4H3. The molecule has 1 N–H and O–H groups in total. The Labute approximate surface area is 127 Å². The maximum Gasteiger partial charge on any atom is 0.146 e. The van der Waals surface area contributed by atoms with Crippen LogP contribution in [0.3, 0.4) is 0 Å². The molecule has 4 nitrogen and oxygen atoms in total. The van der Waals surface area contributed by atoms with Crippen molar-refractivity contribution < 1.29 is 0 Å². The fourth-order valence-corrected chi connectivity index (χ4v) is 6.52. The molecule has 0 spiro atoms. The first-order valence-corrected chi connectivity index (χ1v) is 8.41. The predicted octanol–water partition coefficient (Wildman–Crippen LogP) is 2.96. The first-order valence-electron chi connectivity index (χ1n) is 8.41. The van der Waals surface area contributed by atoms with E-state index >= 15 is 0 Å². The SMILES string of the molecule is Cc1nnc(CNC23CC4CC(C)(CC(C)(C4)C2)C3)n1C. The molecule has 1 aromatic heterocycles. The monoisotopic (exact) mass is 288 g/mol. The molecule has 4 bridgehead atoms. The van der Waals surface area contributed by atoms with Crippen LogP contribution in [-0.2, 0) is 13.6 Å². The minimum absolute atomic E-state index is 0.350. The molecule has 4 heteroatoms. The first kappa shape index (κ1) is 13.7. The summed E-state index contributed by atoms with van der Waals surface area (Å²) in [6.45, 7) is 7.93. The van der Waals surface area contributed by atoms with Crippen molar-refractivity contribution in [1.82, 2.24) is 20.1 Å². The van der Waals surface area contributed by atoms with Crippen LogP contribution in [0.25, 0.3) is 0 Å². The molecule has 1 aromatic rings. The highest BCUT2D eigenvalue weighted by Crippen LogP contribution is 2.66. The lowest BCUT2D eigenvalue weighted by molar-refractivity contribution is -0.118. The molecule has 116 valence electrons. The second kappa shape index (κ2) is 4.09. The molecule has 4 saturated carbocycles. The lowest BCUT2D eigenvalue weighted by Gasteiger charge is -2.65. The molecule has 4 aliphatic carbocycles. The van der Waals surface area contributed by atoms with Crippen molar-refractivity contribution in [3.05, 3.63) is 11.6 Å². The zero-order valence-electron chi connectivity index (χ0n) is 13.9. The van der Waals surface area contributed by atoms with Crippen molar-refractivity contribution in [1.29, 1.82) is 0 Å². The molecule has 4 fully saturated rings. The van der Waals surface area contributed by atoms with E-state index in [1.54, 1.807) is 0 Å². The van der Waals surface area contributed by atoms with Gasteiger partial charge < -0.3 is 9.88 Å². The van der Waals surface area contributed by atoms with Gasteiger partial charge in [-0.2, -0.15) is 0 Å². The largest absolute Gasteiger partial charge is 0.317 e. The molecule has 5 rings (SSSR count). The van der Waals surface area contributed by atoms with Gasteiger partial charge in [-0.05, 0) is 62.2 Å². The van der Waals surface area contributed by atoms with Crippen LogP contribution in [0.2, 0.25) is 0 Å². The topological polar surface area (TPSA) is 42.7 Å². The third-order valence-corrected chi connectivity index (χ3v) is 6.43. The summed E-state index contributed by atoms with van der Waals surface area (Å²) in [5.74, 6) is 3.00. The van der Waals surface area contributed by atoms with Gasteiger partial charge in [0.25, 0.3) is 0 Å². The van der Waals surface area contributed by atoms with Gasteiger partial charge in [0.2, 0.25) is 0 Å². The molecule has 1 heterocycles. The van der Waals surface area contributed by atoms with Gasteiger partial charge >= 0.3 is 0 Å². The molecular formula is C17H28N4. The van der Waals surface area contributed by atoms with Gasteiger partial charge in [0.1, 0.15) is 11.6 Å². The zero-order valence-corrected chi connectivity index (χ0v) is 13.9. The van der Waals surface area contributed by atoms with Gasteiger partial charge in [-0.1, -0.05) is 13.8 Å². The van der Waals surface area contributed by atoms with E-state index in [1.165, 1.54) is 38.5 Å². The molecule has 0 saturated heterocycles. The summed E-state index contributed by atoms with van der Waals surface area (Å²) in [6, 6.07) is 0. The highest BCUT2D eigenvalue weighted by molar-refractivity contribution is 5.14. The number of hydrogen-bond donors (Lipinski definition) is 1. The average molecular weight is 288 g/mol. The fraction of sp³-hybridized carbons (Fsp3) is 0.882. The number of nitrogens with one attached hydrogen (secondary N) is 1. The van der Waals surface area contributed by atoms with Crippen molar-refractivity contribution in [2.45, 2.75) is 71.4 Å². The van der Waals surface area contributed by atoms with Crippen LogP contribution in [0, 0.1) is 23.7 Å². The van der Waals surface area contributed by atoms with Gasteiger partial charge in [-0.15, -0.1) is 10.2 Å². The van der Waals surface area contributed by atoms with Crippen LogP contribution in [0.1, 0.15) is 64.0 Å². The summed E-state index contributed by atoms with van der Waals surface area (Å²) >= 11 is 0. The van der Waals surface area contributed by atoms with Crippen LogP contribution in [0.4, 0.5) is 0 Å². The van der Waals surface area contributed by atoms with Crippen molar-refractivity contribution >= 4 is 0 Å². The zero-order chi connectivity index (χ0) is 14.9. The maximum absolute atomic E-state index is 4.32. The smallest absolute Gasteiger partial charge is 0.146 e. The van der Waals surface area contributed by atoms with Gasteiger partial charge in [-0.25, -0.2) is 0 Å². The van der Waals surface area contributed by atoms with Crippen LogP contribution in [0.5, 0.6) is 0 Å². The van der Waals surface area contributed by atoms with E-state index in [0.717, 1.165) is 24.1 Å². The van der Waals surface area contributed by atoms with E-state index in [4.69, 9.17) is 0 Å². The Hall–Kier alpha value is -0.900. The predicted molar refractivity (Wildman–Crippen MR) is 82.7 cm³/mol. The van der Waals surface area contributed by atoms with Crippen molar-refractivity contribution in [3.63, 3.8) is 0 Å². The molecule has 0 amide bonds. The number of aryl methyl sites for hydroxylation is 1. The lowest BCUT2D eigenvalue weighted by atomic mass is 9.43. The number of nitrogens with zero attached hydrogens (tertiary/aromatic N) is 3. The molecule has 0 aliphatic heterocycles. The molecule has 0 radical (unpaired) electrons. The Morgan fingerprint density at radius 2 is 1.76 bits per heavy atom. The Morgan fingerprint density at radius 3 is 2.29 bits per heavy atom. The van der Waals surface area contributed by atoms with Crippen LogP contribution < -0.4 is 5.32 Å². The van der Waals surface area contributed by atoms with Crippen LogP contribution in [0.15, 0.2) is 0 Å². The summed E-state index contributed by atoms with van der Waals surface area (Å²) in [5, 5.41) is 12.4. The second-order valence-corrected chi connectivity index (χ2v) is 8.99. The van der Waals surface area contributed by atoms with Gasteiger partial charge in [0, 0.05) is 12.6 Å². The van der Waals surface area contributed by atoms with Crippen molar-refractivity contribution in [2.24, 2.45) is 23.8 Å². The third-order valence-electron chi connectivity index (χ3n) is 6.43. The van der Waals surface area contributed by atoms with Gasteiger partial charge in [-0.3, -0.25) is 0 Å². The second-order valence-electron chi connectivity index (χ2n) is 8.99. The number of rotatable bonds is 3. The van der Waals surface area contributed by atoms with E-state index in [0.29, 0.717) is 16.4 Å². The molecular weight excluding hydrogens is 260 g/mol. The first-order chi connectivity index (χ1) is 9.81. The van der Waals surface area contributed by atoms with E-state index in [9.17, 15) is 0 Å². The summed E-state index contributed by atoms with van der Waals surface area (Å²) in [6.07, 6.45) is 8.41. The molecule has 21 heavy (non-hydrogen) atoms. The molecule has 2 unspecified atom stereocenters. The van der Waals surface area contributed by atoms with E-state index in [1.807, 2.05) is 6.92 Å². The van der Waals surface area contributed by atoms with Crippen LogP contribution >= 0.6 is 0 Å². The fourth-order valence-electron chi connectivity index (χ4n) is 6.52. The van der Waals surface area contributed by atoms with Crippen LogP contribution in [-0.4, -0.2) is 20.3 Å². The summed E-state index contributed by atoms with van der Waals surface area (Å²) < 4.78 is 2.11. The number of hydrogen-bond acceptors (Lipinski definition) is 3. The van der Waals surface area contributed by atoms with E-state index in [2.05, 4.69) is 41.0 Å². The Bertz CT molecular complexity index is 557. The quantitative estimate of drug-likeness (QED) is 0.930. The van der Waals surface area contributed by atoms with Gasteiger partial charge in [0.05, 0.1) is 6.54 Å². The Kier molecular flexibility index (Phi) is 2.68. The summed E-state index contributed by atoms with van der Waals surface area (Å²) in [7, 11) is 2.06. The highest BCUT2D eigenvalue weighted by Gasteiger charge is 2.59. The summed E-state index contributed by atoms with van der Waals surface area (Å²) in [5.41, 5.74) is 1.48. The van der Waals surface area contributed by atoms with Gasteiger partial charge in [0.15, 0.2) is 0 Å². The average Bonchev–Trinajstić information content (AvgIpc) is 2.63. The summed E-state index contributed by atoms with van der Waals surface area (Å²) in [4.78, 5) is 0. The normalized spacial score (nSPS) is 44.5. The van der Waals surface area contributed by atoms with E-state index < -0.39 is 0 Å². The highest BCUT2D eigenvalue weighted by atomic mass is 15.3. The third kappa shape index (κ3) is 2.14. The minimum Gasteiger partial charge on any atom is -0.317 e.